The molecular formula is C21H24N2O3. The molecule has 0 atom stereocenters. The molecule has 1 fully saturated rings. The molecule has 2 amide bonds. The molecule has 0 saturated carbocycles. The Labute approximate surface area is 154 Å². The number of hydrogen-bond acceptors (Lipinski definition) is 3. The largest absolute Gasteiger partial charge is 0.453 e. The fourth-order valence-corrected chi connectivity index (χ4v) is 3.23. The predicted molar refractivity (Wildman–Crippen MR) is 101 cm³/mol. The van der Waals surface area contributed by atoms with Crippen LogP contribution in [0, 0.1) is 5.92 Å². The average Bonchev–Trinajstić information content (AvgIpc) is 2.72. The van der Waals surface area contributed by atoms with Gasteiger partial charge >= 0.3 is 6.09 Å². The lowest BCUT2D eigenvalue weighted by Gasteiger charge is -2.30. The zero-order chi connectivity index (χ0) is 18.4. The summed E-state index contributed by atoms with van der Waals surface area (Å²) in [4.78, 5) is 25.6. The monoisotopic (exact) mass is 352 g/mol. The van der Waals surface area contributed by atoms with Crippen LogP contribution in [-0.4, -0.2) is 43.6 Å². The third-order valence-corrected chi connectivity index (χ3v) is 4.85. The van der Waals surface area contributed by atoms with Crippen LogP contribution in [0.3, 0.4) is 0 Å². The minimum absolute atomic E-state index is 0.0555. The molecule has 1 aliphatic heterocycles. The van der Waals surface area contributed by atoms with Crippen molar-refractivity contribution in [1.29, 1.82) is 0 Å². The molecule has 2 aromatic carbocycles. The van der Waals surface area contributed by atoms with Crippen molar-refractivity contribution in [2.45, 2.75) is 12.8 Å². The minimum Gasteiger partial charge on any atom is -0.453 e. The average molecular weight is 352 g/mol. The normalized spacial score (nSPS) is 14.7. The fraction of sp³-hybridized carbons (Fsp3) is 0.333. The molecule has 0 unspecified atom stereocenters. The number of rotatable bonds is 4. The van der Waals surface area contributed by atoms with Crippen LogP contribution >= 0.6 is 0 Å². The third kappa shape index (κ3) is 4.42. The van der Waals surface area contributed by atoms with E-state index in [-0.39, 0.29) is 12.0 Å². The van der Waals surface area contributed by atoms with Crippen LogP contribution in [0.25, 0.3) is 11.1 Å². The second-order valence-electron chi connectivity index (χ2n) is 6.55. The van der Waals surface area contributed by atoms with Gasteiger partial charge < -0.3 is 15.0 Å². The van der Waals surface area contributed by atoms with E-state index in [0.717, 1.165) is 24.0 Å². The number of benzene rings is 2. The highest BCUT2D eigenvalue weighted by atomic mass is 16.5. The van der Waals surface area contributed by atoms with Crippen LogP contribution in [0.4, 0.5) is 4.79 Å². The molecule has 3 rings (SSSR count). The molecule has 0 aromatic heterocycles. The zero-order valence-electron chi connectivity index (χ0n) is 15.0. The van der Waals surface area contributed by atoms with Gasteiger partial charge in [0.15, 0.2) is 0 Å². The first-order valence-corrected chi connectivity index (χ1v) is 8.94. The summed E-state index contributed by atoms with van der Waals surface area (Å²) in [5.41, 5.74) is 2.89. The Morgan fingerprint density at radius 1 is 1.00 bits per heavy atom. The molecule has 2 aromatic rings. The standard InChI is InChI=1S/C21H24N2O3/c1-26-21(25)23-13-11-16(12-14-23)15-22-20(24)19-9-7-18(8-10-19)17-5-3-2-4-6-17/h2-10,16H,11-15H2,1H3,(H,22,24). The third-order valence-electron chi connectivity index (χ3n) is 4.85. The highest BCUT2D eigenvalue weighted by molar-refractivity contribution is 5.94. The fourth-order valence-electron chi connectivity index (χ4n) is 3.23. The van der Waals surface area contributed by atoms with Gasteiger partial charge in [-0.15, -0.1) is 0 Å². The number of hydrogen-bond donors (Lipinski definition) is 1. The van der Waals surface area contributed by atoms with E-state index in [4.69, 9.17) is 4.74 Å². The van der Waals surface area contributed by atoms with E-state index in [1.807, 2.05) is 42.5 Å². The summed E-state index contributed by atoms with van der Waals surface area (Å²) in [6.45, 7) is 1.99. The topological polar surface area (TPSA) is 58.6 Å². The first kappa shape index (κ1) is 18.0. The molecule has 136 valence electrons. The summed E-state index contributed by atoms with van der Waals surface area (Å²) in [6, 6.07) is 17.8. The maximum Gasteiger partial charge on any atom is 0.409 e. The summed E-state index contributed by atoms with van der Waals surface area (Å²) >= 11 is 0. The number of carbonyl (C=O) groups is 2. The van der Waals surface area contributed by atoms with Crippen molar-refractivity contribution in [3.05, 3.63) is 60.2 Å². The minimum atomic E-state index is -0.272. The van der Waals surface area contributed by atoms with Gasteiger partial charge in [-0.25, -0.2) is 4.79 Å². The number of nitrogens with zero attached hydrogens (tertiary/aromatic N) is 1. The Kier molecular flexibility index (Phi) is 5.89. The van der Waals surface area contributed by atoms with Crippen LogP contribution in [0.2, 0.25) is 0 Å². The van der Waals surface area contributed by atoms with Crippen LogP contribution in [0.15, 0.2) is 54.6 Å². The Morgan fingerprint density at radius 3 is 2.23 bits per heavy atom. The van der Waals surface area contributed by atoms with Crippen molar-refractivity contribution in [3.63, 3.8) is 0 Å². The second kappa shape index (κ2) is 8.52. The van der Waals surface area contributed by atoms with Gasteiger partial charge in [-0.2, -0.15) is 0 Å². The maximum atomic E-state index is 12.4. The Hall–Kier alpha value is -2.82. The molecule has 0 radical (unpaired) electrons. The SMILES string of the molecule is COC(=O)N1CCC(CNC(=O)c2ccc(-c3ccccc3)cc2)CC1. The molecule has 26 heavy (non-hydrogen) atoms. The van der Waals surface area contributed by atoms with Gasteiger partial charge in [0.25, 0.3) is 5.91 Å². The number of nitrogens with one attached hydrogen (secondary N) is 1. The second-order valence-corrected chi connectivity index (χ2v) is 6.55. The van der Waals surface area contributed by atoms with Crippen molar-refractivity contribution in [1.82, 2.24) is 10.2 Å². The zero-order valence-corrected chi connectivity index (χ0v) is 15.0. The lowest BCUT2D eigenvalue weighted by molar-refractivity contribution is 0.0914. The lowest BCUT2D eigenvalue weighted by atomic mass is 9.97. The first-order valence-electron chi connectivity index (χ1n) is 8.94. The summed E-state index contributed by atoms with van der Waals surface area (Å²) in [7, 11) is 1.40. The number of amides is 2. The molecule has 1 heterocycles. The van der Waals surface area contributed by atoms with E-state index >= 15 is 0 Å². The Bertz CT molecular complexity index is 736. The Balaban J connectivity index is 1.49. The number of likely N-dealkylation sites (tertiary alicyclic amines) is 1. The van der Waals surface area contributed by atoms with Crippen LogP contribution < -0.4 is 5.32 Å². The Morgan fingerprint density at radius 2 is 1.62 bits per heavy atom. The van der Waals surface area contributed by atoms with Crippen molar-refractivity contribution >= 4 is 12.0 Å². The number of methoxy groups -OCH3 is 1. The van der Waals surface area contributed by atoms with Gasteiger partial charge in [0.1, 0.15) is 0 Å². The lowest BCUT2D eigenvalue weighted by Crippen LogP contribution is -2.41. The van der Waals surface area contributed by atoms with Gasteiger partial charge in [0.2, 0.25) is 0 Å². The van der Waals surface area contributed by atoms with Gasteiger partial charge in [-0.3, -0.25) is 4.79 Å². The van der Waals surface area contributed by atoms with Gasteiger partial charge in [0, 0.05) is 25.2 Å². The molecule has 0 spiro atoms. The van der Waals surface area contributed by atoms with Gasteiger partial charge in [-0.05, 0) is 42.0 Å². The van der Waals surface area contributed by atoms with Crippen molar-refractivity contribution in [3.8, 4) is 11.1 Å². The molecule has 0 aliphatic carbocycles. The molecule has 1 saturated heterocycles. The maximum absolute atomic E-state index is 12.4. The molecule has 5 heteroatoms. The van der Waals surface area contributed by atoms with Crippen molar-refractivity contribution in [2.24, 2.45) is 5.92 Å². The van der Waals surface area contributed by atoms with Crippen molar-refractivity contribution in [2.75, 3.05) is 26.7 Å². The molecule has 1 N–H and O–H groups in total. The summed E-state index contributed by atoms with van der Waals surface area (Å²) < 4.78 is 4.74. The van der Waals surface area contributed by atoms with E-state index in [9.17, 15) is 9.59 Å². The van der Waals surface area contributed by atoms with E-state index in [2.05, 4.69) is 17.4 Å². The summed E-state index contributed by atoms with van der Waals surface area (Å²) in [5.74, 6) is 0.337. The molecule has 5 nitrogen and oxygen atoms in total. The summed E-state index contributed by atoms with van der Waals surface area (Å²) in [6.07, 6.45) is 1.48. The molecule has 1 aliphatic rings. The van der Waals surface area contributed by atoms with Crippen LogP contribution in [-0.2, 0) is 4.74 Å². The highest BCUT2D eigenvalue weighted by Crippen LogP contribution is 2.20. The summed E-state index contributed by atoms with van der Waals surface area (Å²) in [5, 5.41) is 3.01. The quantitative estimate of drug-likeness (QED) is 0.915. The molecule has 0 bridgehead atoms. The number of ether oxygens (including phenoxy) is 1. The highest BCUT2D eigenvalue weighted by Gasteiger charge is 2.23. The first-order chi connectivity index (χ1) is 12.7. The molecular weight excluding hydrogens is 328 g/mol. The van der Waals surface area contributed by atoms with Crippen LogP contribution in [0.5, 0.6) is 0 Å². The van der Waals surface area contributed by atoms with E-state index in [1.54, 1.807) is 4.90 Å². The number of carbonyl (C=O) groups excluding carboxylic acids is 2. The predicted octanol–water partition coefficient (Wildman–Crippen LogP) is 3.56. The van der Waals surface area contributed by atoms with E-state index in [0.29, 0.717) is 31.1 Å². The van der Waals surface area contributed by atoms with E-state index < -0.39 is 0 Å². The number of piperidine rings is 1. The van der Waals surface area contributed by atoms with Crippen molar-refractivity contribution < 1.29 is 14.3 Å². The van der Waals surface area contributed by atoms with E-state index in [1.165, 1.54) is 7.11 Å². The van der Waals surface area contributed by atoms with Gasteiger partial charge in [-0.1, -0.05) is 42.5 Å². The smallest absolute Gasteiger partial charge is 0.409 e. The van der Waals surface area contributed by atoms with Gasteiger partial charge in [0.05, 0.1) is 7.11 Å². The van der Waals surface area contributed by atoms with Crippen LogP contribution in [0.1, 0.15) is 23.2 Å².